The zero-order chi connectivity index (χ0) is 51.1. The van der Waals surface area contributed by atoms with E-state index in [0.29, 0.717) is 49.5 Å². The fourth-order valence-electron chi connectivity index (χ4n) is 7.32. The standard InChI is InChI=1S/C48H93N6O14P/c1-5-8-11-13-15-25-53(24-10-7-3)27-21-49-19-17-44(59)66-35-42(57)47(62)40(55)33-65-34-41(56)48(63)43(58)36-67-45(60)18-20-50-22-28-54(26-16-14-12-9-6-2)29-23-51-31-39-38(32-68-69-64)30-52-37(4)46(39)61/h30,40-43,47-51,55-58,61-64,69H,5-29,31-36H2,1-4H3. The number of esters is 2. The quantitative estimate of drug-likeness (QED) is 0.0252. The SMILES string of the molecule is CCCCCCCN(CCCC)CCNCCC(=O)OCC(O)C(O)C(O)COCC(O)C(O)C(O)COC(=O)CCNCCN(CCCCCCC)CCNCc1c(COPO)cnc(C)c1O. The average molecular weight is 1010 g/mol. The summed E-state index contributed by atoms with van der Waals surface area (Å²) < 4.78 is 20.5. The van der Waals surface area contributed by atoms with E-state index >= 15 is 0 Å². The molecule has 0 saturated carbocycles. The van der Waals surface area contributed by atoms with Crippen LogP contribution in [0.15, 0.2) is 6.20 Å². The molecule has 20 nitrogen and oxygen atoms in total. The highest BCUT2D eigenvalue weighted by molar-refractivity contribution is 7.24. The predicted octanol–water partition coefficient (Wildman–Crippen LogP) is 1.78. The molecule has 1 heterocycles. The van der Waals surface area contributed by atoms with Crippen molar-refractivity contribution in [1.82, 2.24) is 30.7 Å². The third-order valence-electron chi connectivity index (χ3n) is 11.8. The van der Waals surface area contributed by atoms with Crippen LogP contribution in [0.3, 0.4) is 0 Å². The van der Waals surface area contributed by atoms with Crippen LogP contribution in [0, 0.1) is 6.92 Å². The zero-order valence-corrected chi connectivity index (χ0v) is 43.3. The minimum atomic E-state index is -1.76. The molecule has 1 aromatic rings. The molecular formula is C48H93N6O14P. The summed E-state index contributed by atoms with van der Waals surface area (Å²) in [7, 11) is -0.663. The maximum absolute atomic E-state index is 12.4. The van der Waals surface area contributed by atoms with Crippen molar-refractivity contribution in [2.24, 2.45) is 0 Å². The van der Waals surface area contributed by atoms with Crippen molar-refractivity contribution >= 4 is 21.0 Å². The van der Waals surface area contributed by atoms with E-state index in [4.69, 9.17) is 23.6 Å². The van der Waals surface area contributed by atoms with Crippen molar-refractivity contribution in [1.29, 1.82) is 0 Å². The lowest BCUT2D eigenvalue weighted by Crippen LogP contribution is -2.45. The maximum Gasteiger partial charge on any atom is 0.307 e. The summed E-state index contributed by atoms with van der Waals surface area (Å²) in [4.78, 5) is 42.7. The van der Waals surface area contributed by atoms with E-state index < -0.39 is 84.0 Å². The molecule has 7 atom stereocenters. The van der Waals surface area contributed by atoms with Gasteiger partial charge in [0.2, 0.25) is 0 Å². The average Bonchev–Trinajstić information content (AvgIpc) is 3.34. The lowest BCUT2D eigenvalue weighted by Gasteiger charge is -2.25. The van der Waals surface area contributed by atoms with Crippen molar-refractivity contribution in [3.05, 3.63) is 23.0 Å². The molecule has 1 rings (SSSR count). The first-order valence-corrected chi connectivity index (χ1v) is 26.4. The van der Waals surface area contributed by atoms with Crippen molar-refractivity contribution in [3.63, 3.8) is 0 Å². The van der Waals surface area contributed by atoms with Gasteiger partial charge in [-0.2, -0.15) is 0 Å². The van der Waals surface area contributed by atoms with Crippen molar-refractivity contribution in [3.8, 4) is 5.75 Å². The number of aromatic nitrogens is 1. The Kier molecular flexibility index (Phi) is 39.7. The molecule has 0 fully saturated rings. The van der Waals surface area contributed by atoms with Gasteiger partial charge in [-0.3, -0.25) is 14.6 Å². The first-order chi connectivity index (χ1) is 33.3. The van der Waals surface area contributed by atoms with E-state index in [1.54, 1.807) is 13.1 Å². The zero-order valence-electron chi connectivity index (χ0n) is 42.3. The summed E-state index contributed by atoms with van der Waals surface area (Å²) in [6.45, 7) is 14.7. The van der Waals surface area contributed by atoms with Gasteiger partial charge < -0.3 is 85.1 Å². The van der Waals surface area contributed by atoms with Crippen molar-refractivity contribution in [2.45, 2.75) is 167 Å². The normalized spacial score (nSPS) is 14.7. The van der Waals surface area contributed by atoms with Gasteiger partial charge in [-0.05, 0) is 45.8 Å². The molecule has 0 spiro atoms. The number of aliphatic hydroxyl groups excluding tert-OH is 6. The number of rotatable bonds is 47. The van der Waals surface area contributed by atoms with E-state index in [9.17, 15) is 45.3 Å². The number of nitrogens with one attached hydrogen (secondary N) is 3. The number of aryl methyl sites for hydroxylation is 1. The molecule has 0 aliphatic heterocycles. The Morgan fingerprint density at radius 2 is 1.04 bits per heavy atom. The number of aliphatic hydroxyl groups is 6. The summed E-state index contributed by atoms with van der Waals surface area (Å²) in [5, 5.41) is 82.4. The molecule has 0 bridgehead atoms. The van der Waals surface area contributed by atoms with Gasteiger partial charge in [0, 0.05) is 76.2 Å². The van der Waals surface area contributed by atoms with Crippen molar-refractivity contribution < 1.29 is 69.0 Å². The maximum atomic E-state index is 12.4. The Labute approximate surface area is 414 Å². The van der Waals surface area contributed by atoms with Crippen LogP contribution in [0.5, 0.6) is 5.75 Å². The highest BCUT2D eigenvalue weighted by Gasteiger charge is 2.29. The first-order valence-electron chi connectivity index (χ1n) is 25.5. The Hall–Kier alpha value is -2.24. The molecular weight excluding hydrogens is 916 g/mol. The van der Waals surface area contributed by atoms with E-state index in [2.05, 4.69) is 51.5 Å². The molecule has 404 valence electrons. The Morgan fingerprint density at radius 1 is 0.609 bits per heavy atom. The molecule has 0 amide bonds. The van der Waals surface area contributed by atoms with Crippen molar-refractivity contribution in [2.75, 3.05) is 98.4 Å². The van der Waals surface area contributed by atoms with Gasteiger partial charge in [-0.1, -0.05) is 78.6 Å². The van der Waals surface area contributed by atoms with Gasteiger partial charge in [-0.15, -0.1) is 0 Å². The number of hydrogen-bond donors (Lipinski definition) is 11. The highest BCUT2D eigenvalue weighted by atomic mass is 31.1. The second-order valence-corrected chi connectivity index (χ2v) is 18.2. The van der Waals surface area contributed by atoms with E-state index in [1.807, 2.05) is 0 Å². The fraction of sp³-hybridized carbons (Fsp3) is 0.854. The molecule has 7 unspecified atom stereocenters. The highest BCUT2D eigenvalue weighted by Crippen LogP contribution is 2.25. The Bertz CT molecular complexity index is 1430. The fourth-order valence-corrected chi connectivity index (χ4v) is 7.54. The van der Waals surface area contributed by atoms with Crippen LogP contribution in [-0.4, -0.2) is 202 Å². The molecule has 69 heavy (non-hydrogen) atoms. The topological polar surface area (TPSA) is 288 Å². The number of nitrogens with zero attached hydrogens (tertiary/aromatic N) is 3. The first kappa shape index (κ1) is 64.8. The molecule has 0 aliphatic rings. The summed E-state index contributed by atoms with van der Waals surface area (Å²) in [6.07, 6.45) is 5.89. The molecule has 21 heteroatoms. The van der Waals surface area contributed by atoms with Gasteiger partial charge in [0.25, 0.3) is 0 Å². The number of ether oxygens (including phenoxy) is 3. The lowest BCUT2D eigenvalue weighted by molar-refractivity contribution is -0.156. The summed E-state index contributed by atoms with van der Waals surface area (Å²) >= 11 is 0. The second-order valence-electron chi connectivity index (χ2n) is 17.8. The Balaban J connectivity index is 2.33. The monoisotopic (exact) mass is 1010 g/mol. The van der Waals surface area contributed by atoms with Crippen LogP contribution in [0.4, 0.5) is 0 Å². The molecule has 1 aromatic heterocycles. The van der Waals surface area contributed by atoms with Gasteiger partial charge >= 0.3 is 11.9 Å². The summed E-state index contributed by atoms with van der Waals surface area (Å²) in [5.41, 5.74) is 1.91. The van der Waals surface area contributed by atoms with Gasteiger partial charge in [0.05, 0.1) is 38.4 Å². The number of hydrogen-bond acceptors (Lipinski definition) is 20. The third-order valence-corrected chi connectivity index (χ3v) is 12.1. The van der Waals surface area contributed by atoms with Crippen LogP contribution in [0.1, 0.15) is 127 Å². The van der Waals surface area contributed by atoms with Crippen LogP contribution < -0.4 is 16.0 Å². The molecule has 0 radical (unpaired) electrons. The largest absolute Gasteiger partial charge is 0.506 e. The van der Waals surface area contributed by atoms with E-state index in [1.165, 1.54) is 44.9 Å². The number of pyridine rings is 1. The Morgan fingerprint density at radius 3 is 1.52 bits per heavy atom. The summed E-state index contributed by atoms with van der Waals surface area (Å²) in [6, 6.07) is 0. The second kappa shape index (κ2) is 42.3. The van der Waals surface area contributed by atoms with Crippen LogP contribution >= 0.6 is 9.03 Å². The smallest absolute Gasteiger partial charge is 0.307 e. The van der Waals surface area contributed by atoms with Crippen LogP contribution in [-0.2, 0) is 41.5 Å². The third kappa shape index (κ3) is 31.8. The minimum Gasteiger partial charge on any atom is -0.506 e. The predicted molar refractivity (Wildman–Crippen MR) is 267 cm³/mol. The summed E-state index contributed by atoms with van der Waals surface area (Å²) in [5.74, 6) is -1.08. The van der Waals surface area contributed by atoms with Crippen LogP contribution in [0.2, 0.25) is 0 Å². The van der Waals surface area contributed by atoms with Gasteiger partial charge in [0.1, 0.15) is 55.6 Å². The molecule has 0 saturated heterocycles. The molecule has 11 N–H and O–H groups in total. The minimum absolute atomic E-state index is 0.00477. The molecule has 0 aliphatic carbocycles. The number of carbonyl (C=O) groups is 2. The van der Waals surface area contributed by atoms with Crippen LogP contribution in [0.25, 0.3) is 0 Å². The molecule has 0 aromatic carbocycles. The number of aromatic hydroxyl groups is 1. The van der Waals surface area contributed by atoms with Gasteiger partial charge in [0.15, 0.2) is 9.03 Å². The van der Waals surface area contributed by atoms with E-state index in [0.717, 1.165) is 77.9 Å². The number of carbonyl (C=O) groups excluding carboxylic acids is 2. The van der Waals surface area contributed by atoms with Gasteiger partial charge in [-0.25, -0.2) is 0 Å². The number of unbranched alkanes of at least 4 members (excludes halogenated alkanes) is 9. The van der Waals surface area contributed by atoms with E-state index in [-0.39, 0.29) is 25.2 Å². The lowest BCUT2D eigenvalue weighted by atomic mass is 10.1.